The summed E-state index contributed by atoms with van der Waals surface area (Å²) in [7, 11) is 1.32. The Morgan fingerprint density at radius 2 is 2.33 bits per heavy atom. The highest BCUT2D eigenvalue weighted by Gasteiger charge is 2.11. The van der Waals surface area contributed by atoms with E-state index in [0.717, 1.165) is 0 Å². The molecule has 0 aliphatic heterocycles. The van der Waals surface area contributed by atoms with E-state index in [0.29, 0.717) is 0 Å². The third-order valence-corrected chi connectivity index (χ3v) is 1.43. The minimum atomic E-state index is -0.457. The number of carbonyl (C=O) groups is 1. The Kier molecular flexibility index (Phi) is 2.42. The van der Waals surface area contributed by atoms with E-state index >= 15 is 0 Å². The van der Waals surface area contributed by atoms with Crippen LogP contribution in [0, 0.1) is 0 Å². The average Bonchev–Trinajstić information content (AvgIpc) is 2.51. The quantitative estimate of drug-likeness (QED) is 0.610. The standard InChI is InChI=1S/C7H11N3O2/c1-5(2)10-4-6(8-9-10)7(11)12-3/h4-5H,1-3H3. The Labute approximate surface area is 70.3 Å². The summed E-state index contributed by atoms with van der Waals surface area (Å²) >= 11 is 0. The van der Waals surface area contributed by atoms with Gasteiger partial charge in [-0.2, -0.15) is 0 Å². The first-order valence-corrected chi connectivity index (χ1v) is 3.65. The van der Waals surface area contributed by atoms with Gasteiger partial charge in [-0.25, -0.2) is 9.48 Å². The van der Waals surface area contributed by atoms with E-state index in [-0.39, 0.29) is 11.7 Å². The largest absolute Gasteiger partial charge is 0.464 e. The minimum Gasteiger partial charge on any atom is -0.464 e. The van der Waals surface area contributed by atoms with Gasteiger partial charge in [0.05, 0.1) is 13.3 Å². The van der Waals surface area contributed by atoms with E-state index in [1.165, 1.54) is 7.11 Å². The molecule has 1 aromatic heterocycles. The second-order valence-corrected chi connectivity index (χ2v) is 2.67. The lowest BCUT2D eigenvalue weighted by atomic mass is 10.4. The summed E-state index contributed by atoms with van der Waals surface area (Å²) in [5, 5.41) is 7.40. The second-order valence-electron chi connectivity index (χ2n) is 2.67. The molecule has 0 aromatic carbocycles. The maximum absolute atomic E-state index is 10.9. The molecule has 0 amide bonds. The van der Waals surface area contributed by atoms with Crippen LogP contribution in [-0.4, -0.2) is 28.1 Å². The summed E-state index contributed by atoms with van der Waals surface area (Å²) in [6.45, 7) is 3.91. The first-order valence-electron chi connectivity index (χ1n) is 3.65. The second kappa shape index (κ2) is 3.34. The number of ether oxygens (including phenoxy) is 1. The van der Waals surface area contributed by atoms with Crippen LogP contribution in [0.3, 0.4) is 0 Å². The molecule has 0 saturated heterocycles. The first kappa shape index (κ1) is 8.70. The van der Waals surface area contributed by atoms with Crippen molar-refractivity contribution < 1.29 is 9.53 Å². The van der Waals surface area contributed by atoms with Crippen molar-refractivity contribution in [3.05, 3.63) is 11.9 Å². The Morgan fingerprint density at radius 3 is 2.75 bits per heavy atom. The van der Waals surface area contributed by atoms with Crippen LogP contribution in [0.4, 0.5) is 0 Å². The lowest BCUT2D eigenvalue weighted by Crippen LogP contribution is -2.02. The monoisotopic (exact) mass is 169 g/mol. The van der Waals surface area contributed by atoms with Gasteiger partial charge in [-0.3, -0.25) is 0 Å². The summed E-state index contributed by atoms with van der Waals surface area (Å²) in [4.78, 5) is 10.9. The Balaban J connectivity index is 2.84. The molecule has 0 N–H and O–H groups in total. The zero-order valence-corrected chi connectivity index (χ0v) is 7.31. The summed E-state index contributed by atoms with van der Waals surface area (Å²) in [6, 6.07) is 0.205. The summed E-state index contributed by atoms with van der Waals surface area (Å²) in [5.74, 6) is -0.457. The van der Waals surface area contributed by atoms with Gasteiger partial charge in [0, 0.05) is 6.04 Å². The molecule has 0 spiro atoms. The molecule has 1 heterocycles. The van der Waals surface area contributed by atoms with Crippen LogP contribution in [0.5, 0.6) is 0 Å². The number of hydrogen-bond donors (Lipinski definition) is 0. The van der Waals surface area contributed by atoms with Crippen LogP contribution in [0.1, 0.15) is 30.4 Å². The van der Waals surface area contributed by atoms with Crippen molar-refractivity contribution in [1.29, 1.82) is 0 Å². The molecule has 0 radical (unpaired) electrons. The van der Waals surface area contributed by atoms with E-state index in [9.17, 15) is 4.79 Å². The molecule has 0 aliphatic rings. The molecule has 12 heavy (non-hydrogen) atoms. The molecule has 0 unspecified atom stereocenters. The van der Waals surface area contributed by atoms with Crippen molar-refractivity contribution in [2.45, 2.75) is 19.9 Å². The maximum Gasteiger partial charge on any atom is 0.360 e. The zero-order chi connectivity index (χ0) is 9.14. The van der Waals surface area contributed by atoms with E-state index in [1.807, 2.05) is 13.8 Å². The van der Waals surface area contributed by atoms with Gasteiger partial charge in [-0.15, -0.1) is 5.10 Å². The maximum atomic E-state index is 10.9. The topological polar surface area (TPSA) is 57.0 Å². The Bertz CT molecular complexity index is 280. The van der Waals surface area contributed by atoms with Gasteiger partial charge in [-0.1, -0.05) is 5.21 Å². The number of methoxy groups -OCH3 is 1. The van der Waals surface area contributed by atoms with Crippen LogP contribution in [0.25, 0.3) is 0 Å². The van der Waals surface area contributed by atoms with Crippen molar-refractivity contribution in [2.75, 3.05) is 7.11 Å². The van der Waals surface area contributed by atoms with Crippen molar-refractivity contribution >= 4 is 5.97 Å². The van der Waals surface area contributed by atoms with Gasteiger partial charge in [-0.05, 0) is 13.8 Å². The van der Waals surface area contributed by atoms with Crippen molar-refractivity contribution in [3.8, 4) is 0 Å². The smallest absolute Gasteiger partial charge is 0.360 e. The molecule has 0 fully saturated rings. The van der Waals surface area contributed by atoms with Gasteiger partial charge in [0.2, 0.25) is 0 Å². The van der Waals surface area contributed by atoms with Crippen molar-refractivity contribution in [3.63, 3.8) is 0 Å². The first-order chi connectivity index (χ1) is 5.65. The van der Waals surface area contributed by atoms with Crippen molar-refractivity contribution in [2.24, 2.45) is 0 Å². The number of nitrogens with zero attached hydrogens (tertiary/aromatic N) is 3. The molecule has 0 aliphatic carbocycles. The van der Waals surface area contributed by atoms with E-state index in [1.54, 1.807) is 10.9 Å². The van der Waals surface area contributed by atoms with Gasteiger partial charge >= 0.3 is 5.97 Å². The number of carbonyl (C=O) groups excluding carboxylic acids is 1. The molecule has 5 nitrogen and oxygen atoms in total. The fourth-order valence-electron chi connectivity index (χ4n) is 0.727. The van der Waals surface area contributed by atoms with Crippen LogP contribution >= 0.6 is 0 Å². The van der Waals surface area contributed by atoms with Crippen LogP contribution < -0.4 is 0 Å². The van der Waals surface area contributed by atoms with Gasteiger partial charge in [0.25, 0.3) is 0 Å². The molecular weight excluding hydrogens is 158 g/mol. The van der Waals surface area contributed by atoms with Gasteiger partial charge < -0.3 is 4.74 Å². The molecule has 0 saturated carbocycles. The highest BCUT2D eigenvalue weighted by atomic mass is 16.5. The molecule has 0 atom stereocenters. The summed E-state index contributed by atoms with van der Waals surface area (Å²) in [6.07, 6.45) is 1.57. The molecule has 0 bridgehead atoms. The van der Waals surface area contributed by atoms with Crippen LogP contribution in [-0.2, 0) is 4.74 Å². The fraction of sp³-hybridized carbons (Fsp3) is 0.571. The lowest BCUT2D eigenvalue weighted by Gasteiger charge is -2.00. The fourth-order valence-corrected chi connectivity index (χ4v) is 0.727. The van der Waals surface area contributed by atoms with Gasteiger partial charge in [0.15, 0.2) is 5.69 Å². The molecular formula is C7H11N3O2. The van der Waals surface area contributed by atoms with E-state index in [4.69, 9.17) is 0 Å². The van der Waals surface area contributed by atoms with E-state index < -0.39 is 5.97 Å². The summed E-state index contributed by atoms with van der Waals surface area (Å²) < 4.78 is 6.08. The van der Waals surface area contributed by atoms with Crippen molar-refractivity contribution in [1.82, 2.24) is 15.0 Å². The zero-order valence-electron chi connectivity index (χ0n) is 7.31. The number of aromatic nitrogens is 3. The third-order valence-electron chi connectivity index (χ3n) is 1.43. The van der Waals surface area contributed by atoms with E-state index in [2.05, 4.69) is 15.0 Å². The Hall–Kier alpha value is -1.39. The molecule has 1 rings (SSSR count). The lowest BCUT2D eigenvalue weighted by molar-refractivity contribution is 0.0594. The molecule has 1 aromatic rings. The predicted molar refractivity (Wildman–Crippen MR) is 41.7 cm³/mol. The highest BCUT2D eigenvalue weighted by molar-refractivity contribution is 5.86. The van der Waals surface area contributed by atoms with Crippen LogP contribution in [0.15, 0.2) is 6.20 Å². The predicted octanol–water partition coefficient (Wildman–Crippen LogP) is 0.646. The van der Waals surface area contributed by atoms with Gasteiger partial charge in [0.1, 0.15) is 0 Å². The average molecular weight is 169 g/mol. The third kappa shape index (κ3) is 1.61. The number of rotatable bonds is 2. The minimum absolute atomic E-state index is 0.205. The molecule has 66 valence electrons. The van der Waals surface area contributed by atoms with Crippen LogP contribution in [0.2, 0.25) is 0 Å². The number of esters is 1. The summed E-state index contributed by atoms with van der Waals surface area (Å²) in [5.41, 5.74) is 0.242. The SMILES string of the molecule is COC(=O)c1cn(C(C)C)nn1. The normalized spacial score (nSPS) is 10.3. The number of hydrogen-bond acceptors (Lipinski definition) is 4. The highest BCUT2D eigenvalue weighted by Crippen LogP contribution is 2.02. The molecule has 5 heteroatoms. The Morgan fingerprint density at radius 1 is 1.67 bits per heavy atom.